The van der Waals surface area contributed by atoms with E-state index >= 15 is 0 Å². The Bertz CT molecular complexity index is 995. The first-order valence-electron chi connectivity index (χ1n) is 7.84. The summed E-state index contributed by atoms with van der Waals surface area (Å²) in [5.74, 6) is 1.45. The molecule has 3 aromatic heterocycles. The molecule has 0 aliphatic carbocycles. The number of rotatable bonds is 3. The number of pyridine rings is 1. The zero-order valence-corrected chi connectivity index (χ0v) is 14.5. The molecule has 10 heteroatoms. The molecule has 4 rings (SSSR count). The minimum atomic E-state index is -3.16. The molecule has 0 radical (unpaired) electrons. The van der Waals surface area contributed by atoms with E-state index in [9.17, 15) is 8.42 Å². The molecular weight excluding hydrogens is 342 g/mol. The fourth-order valence-corrected chi connectivity index (χ4v) is 3.79. The summed E-state index contributed by atoms with van der Waals surface area (Å²) in [5, 5.41) is 5.21. The van der Waals surface area contributed by atoms with E-state index in [2.05, 4.69) is 25.0 Å². The average molecular weight is 359 g/mol. The van der Waals surface area contributed by atoms with E-state index in [4.69, 9.17) is 0 Å². The molecule has 1 saturated heterocycles. The van der Waals surface area contributed by atoms with Crippen molar-refractivity contribution in [3.8, 4) is 5.82 Å². The first kappa shape index (κ1) is 15.9. The van der Waals surface area contributed by atoms with Crippen LogP contribution in [0.15, 0.2) is 36.9 Å². The lowest BCUT2D eigenvalue weighted by atomic mass is 10.3. The molecule has 130 valence electrons. The van der Waals surface area contributed by atoms with Crippen LogP contribution in [0, 0.1) is 0 Å². The Morgan fingerprint density at radius 3 is 2.52 bits per heavy atom. The van der Waals surface area contributed by atoms with Gasteiger partial charge < -0.3 is 4.90 Å². The first-order chi connectivity index (χ1) is 12.0. The molecular formula is C15H17N7O2S. The van der Waals surface area contributed by atoms with Gasteiger partial charge in [0.1, 0.15) is 12.1 Å². The summed E-state index contributed by atoms with van der Waals surface area (Å²) in [4.78, 5) is 15.1. The predicted molar refractivity (Wildman–Crippen MR) is 93.1 cm³/mol. The number of piperazine rings is 1. The van der Waals surface area contributed by atoms with Crippen LogP contribution in [0.25, 0.3) is 16.9 Å². The van der Waals surface area contributed by atoms with Gasteiger partial charge in [0.05, 0.1) is 17.8 Å². The van der Waals surface area contributed by atoms with Gasteiger partial charge in [-0.3, -0.25) is 0 Å². The quantitative estimate of drug-likeness (QED) is 0.663. The monoisotopic (exact) mass is 359 g/mol. The summed E-state index contributed by atoms with van der Waals surface area (Å²) in [6.07, 6.45) is 6.17. The zero-order valence-electron chi connectivity index (χ0n) is 13.6. The lowest BCUT2D eigenvalue weighted by molar-refractivity contribution is 0.387. The lowest BCUT2D eigenvalue weighted by Crippen LogP contribution is -2.48. The van der Waals surface area contributed by atoms with Crippen molar-refractivity contribution < 1.29 is 8.42 Å². The summed E-state index contributed by atoms with van der Waals surface area (Å²) < 4.78 is 26.5. The Hall–Kier alpha value is -2.59. The smallest absolute Gasteiger partial charge is 0.211 e. The van der Waals surface area contributed by atoms with E-state index in [1.807, 2.05) is 18.2 Å². The van der Waals surface area contributed by atoms with Crippen LogP contribution >= 0.6 is 0 Å². The molecule has 1 fully saturated rings. The van der Waals surface area contributed by atoms with E-state index in [-0.39, 0.29) is 0 Å². The van der Waals surface area contributed by atoms with Crippen LogP contribution in [0.1, 0.15) is 0 Å². The molecule has 0 unspecified atom stereocenters. The Labute approximate surface area is 145 Å². The maximum Gasteiger partial charge on any atom is 0.211 e. The van der Waals surface area contributed by atoms with Crippen LogP contribution in [0.5, 0.6) is 0 Å². The maximum absolute atomic E-state index is 11.7. The van der Waals surface area contributed by atoms with Gasteiger partial charge in [0.15, 0.2) is 11.5 Å². The van der Waals surface area contributed by atoms with Gasteiger partial charge in [0.25, 0.3) is 0 Å². The minimum Gasteiger partial charge on any atom is -0.353 e. The molecule has 0 bridgehead atoms. The van der Waals surface area contributed by atoms with Crippen molar-refractivity contribution in [2.24, 2.45) is 0 Å². The van der Waals surface area contributed by atoms with Crippen molar-refractivity contribution >= 4 is 26.9 Å². The fraction of sp³-hybridized carbons (Fsp3) is 0.333. The van der Waals surface area contributed by atoms with Crippen molar-refractivity contribution in [3.05, 3.63) is 36.9 Å². The minimum absolute atomic E-state index is 0.443. The van der Waals surface area contributed by atoms with Gasteiger partial charge in [-0.15, -0.1) is 0 Å². The van der Waals surface area contributed by atoms with Crippen molar-refractivity contribution in [3.63, 3.8) is 0 Å². The normalized spacial score (nSPS) is 16.4. The maximum atomic E-state index is 11.7. The molecule has 0 saturated carbocycles. The fourth-order valence-electron chi connectivity index (χ4n) is 2.96. The Kier molecular flexibility index (Phi) is 3.85. The highest BCUT2D eigenvalue weighted by Crippen LogP contribution is 2.25. The molecule has 0 atom stereocenters. The Morgan fingerprint density at radius 1 is 1.04 bits per heavy atom. The van der Waals surface area contributed by atoms with Crippen molar-refractivity contribution in [1.82, 2.24) is 29.0 Å². The number of hydrogen-bond acceptors (Lipinski definition) is 7. The number of anilines is 1. The van der Waals surface area contributed by atoms with Gasteiger partial charge in [-0.2, -0.15) is 14.1 Å². The summed E-state index contributed by atoms with van der Waals surface area (Å²) in [7, 11) is -3.16. The van der Waals surface area contributed by atoms with Gasteiger partial charge in [0, 0.05) is 32.4 Å². The summed E-state index contributed by atoms with van der Waals surface area (Å²) in [6, 6.07) is 5.60. The second-order valence-corrected chi connectivity index (χ2v) is 7.81. The average Bonchev–Trinajstić information content (AvgIpc) is 3.06. The van der Waals surface area contributed by atoms with E-state index in [0.717, 1.165) is 11.2 Å². The largest absolute Gasteiger partial charge is 0.353 e. The van der Waals surface area contributed by atoms with Gasteiger partial charge in [-0.25, -0.2) is 23.4 Å². The van der Waals surface area contributed by atoms with Gasteiger partial charge >= 0.3 is 0 Å². The van der Waals surface area contributed by atoms with Crippen LogP contribution in [0.4, 0.5) is 5.82 Å². The van der Waals surface area contributed by atoms with Crippen LogP contribution in [-0.2, 0) is 10.0 Å². The van der Waals surface area contributed by atoms with E-state index in [0.29, 0.717) is 37.6 Å². The van der Waals surface area contributed by atoms with Crippen LogP contribution in [-0.4, -0.2) is 69.9 Å². The molecule has 9 nitrogen and oxygen atoms in total. The summed E-state index contributed by atoms with van der Waals surface area (Å²) in [6.45, 7) is 2.04. The van der Waals surface area contributed by atoms with E-state index in [1.165, 1.54) is 16.9 Å². The number of aromatic nitrogens is 5. The third-order valence-electron chi connectivity index (χ3n) is 4.22. The highest BCUT2D eigenvalue weighted by molar-refractivity contribution is 7.88. The van der Waals surface area contributed by atoms with Gasteiger partial charge in [0.2, 0.25) is 10.0 Å². The Morgan fingerprint density at radius 2 is 1.84 bits per heavy atom. The van der Waals surface area contributed by atoms with Gasteiger partial charge in [-0.1, -0.05) is 6.07 Å². The molecule has 0 N–H and O–H groups in total. The van der Waals surface area contributed by atoms with Crippen LogP contribution < -0.4 is 4.90 Å². The Balaban J connectivity index is 1.67. The van der Waals surface area contributed by atoms with Crippen LogP contribution in [0.3, 0.4) is 0 Å². The number of nitrogens with zero attached hydrogens (tertiary/aromatic N) is 7. The summed E-state index contributed by atoms with van der Waals surface area (Å²) in [5.41, 5.74) is 0.675. The number of fused-ring (bicyclic) bond motifs is 1. The predicted octanol–water partition coefficient (Wildman–Crippen LogP) is 0.292. The number of hydrogen-bond donors (Lipinski definition) is 0. The van der Waals surface area contributed by atoms with Crippen LogP contribution in [0.2, 0.25) is 0 Å². The number of sulfonamides is 1. The molecule has 0 spiro atoms. The zero-order chi connectivity index (χ0) is 17.4. The second kappa shape index (κ2) is 6.05. The highest BCUT2D eigenvalue weighted by atomic mass is 32.2. The van der Waals surface area contributed by atoms with E-state index in [1.54, 1.807) is 17.1 Å². The van der Waals surface area contributed by atoms with Crippen molar-refractivity contribution in [1.29, 1.82) is 0 Å². The molecule has 1 aliphatic heterocycles. The summed E-state index contributed by atoms with van der Waals surface area (Å²) >= 11 is 0. The third kappa shape index (κ3) is 2.94. The lowest BCUT2D eigenvalue weighted by Gasteiger charge is -2.34. The first-order valence-corrected chi connectivity index (χ1v) is 9.69. The van der Waals surface area contributed by atoms with Crippen molar-refractivity contribution in [2.45, 2.75) is 0 Å². The molecule has 0 amide bonds. The molecule has 3 aromatic rings. The topological polar surface area (TPSA) is 97.1 Å². The van der Waals surface area contributed by atoms with Gasteiger partial charge in [-0.05, 0) is 12.1 Å². The van der Waals surface area contributed by atoms with E-state index < -0.39 is 10.0 Å². The highest BCUT2D eigenvalue weighted by Gasteiger charge is 2.25. The standard InChI is InChI=1S/C15H17N7O2S/c1-25(23,24)21-8-6-20(7-9-21)14-12-10-19-22(15(12)18-11-17-14)13-4-2-3-5-16-13/h2-5,10-11H,6-9H2,1H3. The SMILES string of the molecule is CS(=O)(=O)N1CCN(c2ncnc3c2cnn3-c2ccccn2)CC1. The molecule has 0 aromatic carbocycles. The molecule has 1 aliphatic rings. The molecule has 4 heterocycles. The second-order valence-electron chi connectivity index (χ2n) is 5.83. The third-order valence-corrected chi connectivity index (χ3v) is 5.52. The molecule has 25 heavy (non-hydrogen) atoms. The van der Waals surface area contributed by atoms with Crippen molar-refractivity contribution in [2.75, 3.05) is 37.3 Å².